The van der Waals surface area contributed by atoms with Crippen LogP contribution in [0.15, 0.2) is 0 Å². The number of amides is 1. The lowest BCUT2D eigenvalue weighted by Crippen LogP contribution is -2.51. The third-order valence-electron chi connectivity index (χ3n) is 2.92. The molecule has 1 aliphatic carbocycles. The second kappa shape index (κ2) is 4.49. The summed E-state index contributed by atoms with van der Waals surface area (Å²) in [5.41, 5.74) is 5.29. The Balaban J connectivity index is 2.47. The van der Waals surface area contributed by atoms with Crippen LogP contribution in [0.5, 0.6) is 0 Å². The van der Waals surface area contributed by atoms with E-state index in [4.69, 9.17) is 5.73 Å². The van der Waals surface area contributed by atoms with Crippen molar-refractivity contribution in [3.05, 3.63) is 0 Å². The highest BCUT2D eigenvalue weighted by Crippen LogP contribution is 2.32. The summed E-state index contributed by atoms with van der Waals surface area (Å²) in [6.45, 7) is 5.09. The molecule has 0 aromatic heterocycles. The minimum Gasteiger partial charge on any atom is -0.350 e. The van der Waals surface area contributed by atoms with Gasteiger partial charge in [0.1, 0.15) is 0 Å². The number of nitrogens with two attached hydrogens (primary N) is 1. The quantitative estimate of drug-likeness (QED) is 0.685. The van der Waals surface area contributed by atoms with E-state index in [1.54, 1.807) is 0 Å². The number of carbonyl (C=O) groups is 1. The van der Waals surface area contributed by atoms with E-state index in [9.17, 15) is 4.79 Å². The number of likely N-dealkylation sites (N-methyl/N-ethyl adjacent to an activating group) is 1. The highest BCUT2D eigenvalue weighted by molar-refractivity contribution is 5.89. The predicted molar refractivity (Wildman–Crippen MR) is 61.5 cm³/mol. The lowest BCUT2D eigenvalue weighted by molar-refractivity contribution is -0.124. The van der Waals surface area contributed by atoms with Crippen molar-refractivity contribution < 1.29 is 4.79 Å². The van der Waals surface area contributed by atoms with Crippen LogP contribution < -0.4 is 11.1 Å². The normalized spacial score (nSPS) is 20.5. The fraction of sp³-hybridized carbons (Fsp3) is 0.909. The van der Waals surface area contributed by atoms with Gasteiger partial charge in [-0.25, -0.2) is 0 Å². The molecule has 0 heterocycles. The van der Waals surface area contributed by atoms with E-state index in [-0.39, 0.29) is 11.9 Å². The molecule has 0 saturated heterocycles. The molecule has 1 unspecified atom stereocenters. The van der Waals surface area contributed by atoms with Gasteiger partial charge in [0.15, 0.2) is 0 Å². The van der Waals surface area contributed by atoms with E-state index in [0.717, 1.165) is 19.4 Å². The summed E-state index contributed by atoms with van der Waals surface area (Å²) in [6, 6.07) is 0.188. The molecule has 15 heavy (non-hydrogen) atoms. The van der Waals surface area contributed by atoms with E-state index in [0.29, 0.717) is 5.92 Å². The molecule has 0 aromatic carbocycles. The van der Waals surface area contributed by atoms with Crippen molar-refractivity contribution in [2.24, 2.45) is 11.7 Å². The monoisotopic (exact) mass is 213 g/mol. The first kappa shape index (κ1) is 12.5. The summed E-state index contributed by atoms with van der Waals surface area (Å²) in [5, 5.41) is 3.04. The number of nitrogens with zero attached hydrogens (tertiary/aromatic N) is 1. The van der Waals surface area contributed by atoms with Gasteiger partial charge in [-0.05, 0) is 32.9 Å². The Morgan fingerprint density at radius 1 is 1.47 bits per heavy atom. The summed E-state index contributed by atoms with van der Waals surface area (Å²) in [7, 11) is 4.02. The first-order valence-electron chi connectivity index (χ1n) is 5.60. The lowest BCUT2D eigenvalue weighted by Gasteiger charge is -2.26. The summed E-state index contributed by atoms with van der Waals surface area (Å²) in [5.74, 6) is 0.446. The smallest absolute Gasteiger partial charge is 0.240 e. The van der Waals surface area contributed by atoms with E-state index in [1.807, 2.05) is 14.1 Å². The van der Waals surface area contributed by atoms with Gasteiger partial charge in [0.2, 0.25) is 5.91 Å². The number of hydrogen-bond acceptors (Lipinski definition) is 3. The average molecular weight is 213 g/mol. The zero-order valence-corrected chi connectivity index (χ0v) is 10.2. The van der Waals surface area contributed by atoms with Crippen molar-refractivity contribution in [2.75, 3.05) is 20.6 Å². The Bertz CT molecular complexity index is 234. The van der Waals surface area contributed by atoms with Crippen molar-refractivity contribution in [1.82, 2.24) is 10.2 Å². The molecule has 0 radical (unpaired) electrons. The van der Waals surface area contributed by atoms with Crippen molar-refractivity contribution >= 4 is 5.91 Å². The number of carbonyl (C=O) groups excluding carboxylic acids is 1. The van der Waals surface area contributed by atoms with E-state index >= 15 is 0 Å². The molecule has 4 nitrogen and oxygen atoms in total. The minimum atomic E-state index is -0.556. The Hall–Kier alpha value is -0.610. The van der Waals surface area contributed by atoms with Crippen LogP contribution in [0.3, 0.4) is 0 Å². The number of nitrogens with one attached hydrogen (secondary N) is 1. The van der Waals surface area contributed by atoms with Gasteiger partial charge in [-0.3, -0.25) is 4.79 Å². The SMILES string of the molecule is CC(C)C(CN(C)C)NC(=O)C1(N)CC1. The Morgan fingerprint density at radius 2 is 2.00 bits per heavy atom. The maximum absolute atomic E-state index is 11.8. The van der Waals surface area contributed by atoms with E-state index in [1.165, 1.54) is 0 Å². The molecule has 0 spiro atoms. The molecule has 0 bridgehead atoms. The summed E-state index contributed by atoms with van der Waals surface area (Å²) >= 11 is 0. The highest BCUT2D eigenvalue weighted by atomic mass is 16.2. The topological polar surface area (TPSA) is 58.4 Å². The van der Waals surface area contributed by atoms with Crippen molar-refractivity contribution in [1.29, 1.82) is 0 Å². The Morgan fingerprint density at radius 3 is 2.33 bits per heavy atom. The van der Waals surface area contributed by atoms with Crippen molar-refractivity contribution in [3.8, 4) is 0 Å². The third kappa shape index (κ3) is 3.47. The van der Waals surface area contributed by atoms with Crippen LogP contribution in [-0.4, -0.2) is 43.0 Å². The first-order chi connectivity index (χ1) is 6.85. The molecule has 1 amide bonds. The second-order valence-corrected chi connectivity index (χ2v) is 5.24. The maximum atomic E-state index is 11.8. The predicted octanol–water partition coefficient (Wildman–Crippen LogP) is 0.180. The van der Waals surface area contributed by atoms with Crippen LogP contribution in [0.1, 0.15) is 26.7 Å². The van der Waals surface area contributed by atoms with Crippen LogP contribution in [0.4, 0.5) is 0 Å². The summed E-state index contributed by atoms with van der Waals surface area (Å²) in [4.78, 5) is 13.9. The van der Waals surface area contributed by atoms with Crippen LogP contribution in [0.2, 0.25) is 0 Å². The van der Waals surface area contributed by atoms with Gasteiger partial charge in [0.25, 0.3) is 0 Å². The van der Waals surface area contributed by atoms with Gasteiger partial charge in [0.05, 0.1) is 5.54 Å². The Kier molecular flexibility index (Phi) is 3.73. The largest absolute Gasteiger partial charge is 0.350 e. The molecule has 88 valence electrons. The van der Waals surface area contributed by atoms with Gasteiger partial charge in [-0.2, -0.15) is 0 Å². The molecule has 3 N–H and O–H groups in total. The van der Waals surface area contributed by atoms with E-state index in [2.05, 4.69) is 24.1 Å². The fourth-order valence-electron chi connectivity index (χ4n) is 1.49. The average Bonchev–Trinajstić information content (AvgIpc) is 2.82. The van der Waals surface area contributed by atoms with Gasteiger partial charge < -0.3 is 16.0 Å². The second-order valence-electron chi connectivity index (χ2n) is 5.24. The standard InChI is InChI=1S/C11H23N3O/c1-8(2)9(7-14(3)4)13-10(15)11(12)5-6-11/h8-9H,5-7,12H2,1-4H3,(H,13,15). The van der Waals surface area contributed by atoms with Crippen LogP contribution in [0, 0.1) is 5.92 Å². The molecular formula is C11H23N3O. The fourth-order valence-corrected chi connectivity index (χ4v) is 1.49. The van der Waals surface area contributed by atoms with Gasteiger partial charge in [0, 0.05) is 12.6 Å². The molecule has 1 atom stereocenters. The molecule has 4 heteroatoms. The zero-order valence-electron chi connectivity index (χ0n) is 10.2. The molecule has 1 rings (SSSR count). The zero-order chi connectivity index (χ0) is 11.6. The van der Waals surface area contributed by atoms with Gasteiger partial charge in [-0.1, -0.05) is 13.8 Å². The molecule has 1 saturated carbocycles. The Labute approximate surface area is 92.2 Å². The van der Waals surface area contributed by atoms with E-state index < -0.39 is 5.54 Å². The number of hydrogen-bond donors (Lipinski definition) is 2. The van der Waals surface area contributed by atoms with Gasteiger partial charge in [-0.15, -0.1) is 0 Å². The lowest BCUT2D eigenvalue weighted by atomic mass is 10.0. The summed E-state index contributed by atoms with van der Waals surface area (Å²) in [6.07, 6.45) is 1.65. The third-order valence-corrected chi connectivity index (χ3v) is 2.92. The molecule has 1 aliphatic rings. The molecular weight excluding hydrogens is 190 g/mol. The minimum absolute atomic E-state index is 0.0167. The highest BCUT2D eigenvalue weighted by Gasteiger charge is 2.46. The van der Waals surface area contributed by atoms with Gasteiger partial charge >= 0.3 is 0 Å². The van der Waals surface area contributed by atoms with Crippen molar-refractivity contribution in [3.63, 3.8) is 0 Å². The molecule has 1 fully saturated rings. The van der Waals surface area contributed by atoms with Crippen LogP contribution >= 0.6 is 0 Å². The molecule has 0 aromatic rings. The molecule has 0 aliphatic heterocycles. The maximum Gasteiger partial charge on any atom is 0.240 e. The van der Waals surface area contributed by atoms with Crippen LogP contribution in [0.25, 0.3) is 0 Å². The first-order valence-corrected chi connectivity index (χ1v) is 5.60. The van der Waals surface area contributed by atoms with Crippen LogP contribution in [-0.2, 0) is 4.79 Å². The summed E-state index contributed by atoms with van der Waals surface area (Å²) < 4.78 is 0. The number of rotatable bonds is 5. The van der Waals surface area contributed by atoms with Crippen molar-refractivity contribution in [2.45, 2.75) is 38.3 Å².